The van der Waals surface area contributed by atoms with Gasteiger partial charge in [0.1, 0.15) is 0 Å². The van der Waals surface area contributed by atoms with Crippen LogP contribution in [-0.2, 0) is 17.4 Å². The van der Waals surface area contributed by atoms with Crippen molar-refractivity contribution < 1.29 is 18.0 Å². The van der Waals surface area contributed by atoms with Gasteiger partial charge in [-0.15, -0.1) is 0 Å². The summed E-state index contributed by atoms with van der Waals surface area (Å²) in [5.74, 6) is -0.194. The van der Waals surface area contributed by atoms with Crippen molar-refractivity contribution in [2.24, 2.45) is 0 Å². The third-order valence-electron chi connectivity index (χ3n) is 3.04. The number of nitriles is 1. The predicted octanol–water partition coefficient (Wildman–Crippen LogP) is 3.40. The molecule has 0 saturated heterocycles. The molecular weight excluding hydrogens is 281 g/mol. The molecule has 0 unspecified atom stereocenters. The van der Waals surface area contributed by atoms with Crippen LogP contribution < -0.4 is 0 Å². The zero-order chi connectivity index (χ0) is 16.0. The lowest BCUT2D eigenvalue weighted by molar-refractivity contribution is -0.137. The maximum atomic E-state index is 12.4. The smallest absolute Gasteiger partial charge is 0.339 e. The topological polar surface area (TPSA) is 44.1 Å². The van der Waals surface area contributed by atoms with Gasteiger partial charge < -0.3 is 4.90 Å². The molecule has 1 aromatic rings. The van der Waals surface area contributed by atoms with Crippen molar-refractivity contribution >= 4 is 5.91 Å². The largest absolute Gasteiger partial charge is 0.416 e. The number of carbonyl (C=O) groups is 1. The zero-order valence-corrected chi connectivity index (χ0v) is 11.9. The summed E-state index contributed by atoms with van der Waals surface area (Å²) < 4.78 is 37.3. The van der Waals surface area contributed by atoms with Crippen molar-refractivity contribution in [3.05, 3.63) is 35.4 Å². The maximum Gasteiger partial charge on any atom is 0.416 e. The van der Waals surface area contributed by atoms with E-state index >= 15 is 0 Å². The van der Waals surface area contributed by atoms with Crippen molar-refractivity contribution in [1.29, 1.82) is 5.26 Å². The molecular formula is C15H17F3N2O. The van der Waals surface area contributed by atoms with Crippen LogP contribution in [0, 0.1) is 11.3 Å². The molecule has 0 aliphatic rings. The summed E-state index contributed by atoms with van der Waals surface area (Å²) in [6, 6.07) is 6.48. The van der Waals surface area contributed by atoms with Crippen LogP contribution in [0.5, 0.6) is 0 Å². The van der Waals surface area contributed by atoms with Gasteiger partial charge >= 0.3 is 6.18 Å². The summed E-state index contributed by atoms with van der Waals surface area (Å²) in [4.78, 5) is 13.7. The van der Waals surface area contributed by atoms with Gasteiger partial charge in [-0.2, -0.15) is 18.4 Å². The number of carbonyl (C=O) groups excluding carboxylic acids is 1. The fraction of sp³-hybridized carbons (Fsp3) is 0.467. The first-order valence-electron chi connectivity index (χ1n) is 6.58. The van der Waals surface area contributed by atoms with E-state index in [9.17, 15) is 18.0 Å². The average molecular weight is 298 g/mol. The minimum Gasteiger partial charge on any atom is -0.339 e. The molecule has 0 aromatic heterocycles. The second-order valence-corrected chi connectivity index (χ2v) is 4.96. The van der Waals surface area contributed by atoms with Gasteiger partial charge in [0.25, 0.3) is 0 Å². The second-order valence-electron chi connectivity index (χ2n) is 4.96. The summed E-state index contributed by atoms with van der Waals surface area (Å²) in [6.07, 6.45) is -4.11. The number of nitrogens with zero attached hydrogens (tertiary/aromatic N) is 2. The third kappa shape index (κ3) is 5.10. The Morgan fingerprint density at radius 3 is 2.29 bits per heavy atom. The van der Waals surface area contributed by atoms with Crippen LogP contribution in [0.25, 0.3) is 0 Å². The molecule has 6 heteroatoms. The van der Waals surface area contributed by atoms with E-state index in [2.05, 4.69) is 0 Å². The molecule has 0 heterocycles. The molecule has 0 saturated carbocycles. The van der Waals surface area contributed by atoms with Crippen molar-refractivity contribution in [3.63, 3.8) is 0 Å². The molecule has 0 bridgehead atoms. The number of alkyl halides is 3. The molecule has 1 aromatic carbocycles. The lowest BCUT2D eigenvalue weighted by Gasteiger charge is -2.26. The highest BCUT2D eigenvalue weighted by Gasteiger charge is 2.30. The van der Waals surface area contributed by atoms with Crippen LogP contribution in [0.4, 0.5) is 13.2 Å². The fourth-order valence-corrected chi connectivity index (χ4v) is 1.93. The summed E-state index contributed by atoms with van der Waals surface area (Å²) in [7, 11) is 0. The Morgan fingerprint density at radius 1 is 1.29 bits per heavy atom. The Bertz CT molecular complexity index is 515. The highest BCUT2D eigenvalue weighted by Crippen LogP contribution is 2.29. The number of hydrogen-bond donors (Lipinski definition) is 0. The second kappa shape index (κ2) is 7.11. The Morgan fingerprint density at radius 2 is 1.86 bits per heavy atom. The molecule has 0 radical (unpaired) electrons. The first-order chi connectivity index (χ1) is 9.75. The van der Waals surface area contributed by atoms with Crippen molar-refractivity contribution in [2.75, 3.05) is 6.54 Å². The quantitative estimate of drug-likeness (QED) is 0.836. The van der Waals surface area contributed by atoms with Gasteiger partial charge in [-0.05, 0) is 31.5 Å². The molecule has 0 atom stereocenters. The van der Waals surface area contributed by atoms with E-state index in [1.807, 2.05) is 19.9 Å². The third-order valence-corrected chi connectivity index (χ3v) is 3.04. The monoisotopic (exact) mass is 298 g/mol. The SMILES string of the molecule is CC(C)N(CCC#N)C(=O)Cc1ccc(C(F)(F)F)cc1. The summed E-state index contributed by atoms with van der Waals surface area (Å²) in [5, 5.41) is 8.58. The van der Waals surface area contributed by atoms with Crippen LogP contribution in [0.2, 0.25) is 0 Å². The Balaban J connectivity index is 2.75. The molecule has 1 rings (SSSR count). The van der Waals surface area contributed by atoms with Crippen molar-refractivity contribution in [1.82, 2.24) is 4.90 Å². The van der Waals surface area contributed by atoms with Gasteiger partial charge in [0.2, 0.25) is 5.91 Å². The standard InChI is InChI=1S/C15H17F3N2O/c1-11(2)20(9-3-8-19)14(21)10-12-4-6-13(7-5-12)15(16,17)18/h4-7,11H,3,9-10H2,1-2H3. The summed E-state index contributed by atoms with van der Waals surface area (Å²) >= 11 is 0. The van der Waals surface area contributed by atoms with E-state index in [4.69, 9.17) is 5.26 Å². The van der Waals surface area contributed by atoms with Crippen LogP contribution >= 0.6 is 0 Å². The lowest BCUT2D eigenvalue weighted by atomic mass is 10.1. The van der Waals surface area contributed by atoms with E-state index in [-0.39, 0.29) is 24.8 Å². The summed E-state index contributed by atoms with van der Waals surface area (Å²) in [5.41, 5.74) is -0.209. The van der Waals surface area contributed by atoms with Crippen LogP contribution in [0.1, 0.15) is 31.4 Å². The molecule has 0 fully saturated rings. The first kappa shape index (κ1) is 17.0. The Labute approximate surface area is 122 Å². The highest BCUT2D eigenvalue weighted by molar-refractivity contribution is 5.79. The molecule has 21 heavy (non-hydrogen) atoms. The number of amides is 1. The van der Waals surface area contributed by atoms with Crippen LogP contribution in [0.15, 0.2) is 24.3 Å². The Kier molecular flexibility index (Phi) is 5.77. The fourth-order valence-electron chi connectivity index (χ4n) is 1.93. The van der Waals surface area contributed by atoms with E-state index < -0.39 is 11.7 Å². The molecule has 114 valence electrons. The number of rotatable bonds is 5. The van der Waals surface area contributed by atoms with E-state index in [0.29, 0.717) is 12.1 Å². The predicted molar refractivity (Wildman–Crippen MR) is 72.2 cm³/mol. The molecule has 3 nitrogen and oxygen atoms in total. The normalized spacial score (nSPS) is 11.3. The van der Waals surface area contributed by atoms with E-state index in [1.165, 1.54) is 12.1 Å². The van der Waals surface area contributed by atoms with Gasteiger partial charge in [0, 0.05) is 12.6 Å². The van der Waals surface area contributed by atoms with E-state index in [1.54, 1.807) is 4.90 Å². The van der Waals surface area contributed by atoms with Gasteiger partial charge in [0.05, 0.1) is 24.5 Å². The number of halogens is 3. The van der Waals surface area contributed by atoms with Crippen molar-refractivity contribution in [3.8, 4) is 6.07 Å². The summed E-state index contributed by atoms with van der Waals surface area (Å²) in [6.45, 7) is 4.00. The van der Waals surface area contributed by atoms with Crippen molar-refractivity contribution in [2.45, 2.75) is 38.9 Å². The molecule has 1 amide bonds. The zero-order valence-electron chi connectivity index (χ0n) is 11.9. The molecule has 0 spiro atoms. The van der Waals surface area contributed by atoms with Gasteiger partial charge in [-0.25, -0.2) is 0 Å². The maximum absolute atomic E-state index is 12.4. The molecule has 0 aliphatic carbocycles. The highest BCUT2D eigenvalue weighted by atomic mass is 19.4. The van der Waals surface area contributed by atoms with Crippen LogP contribution in [0.3, 0.4) is 0 Å². The lowest BCUT2D eigenvalue weighted by Crippen LogP contribution is -2.38. The van der Waals surface area contributed by atoms with E-state index in [0.717, 1.165) is 12.1 Å². The minimum absolute atomic E-state index is 0.0295. The molecule has 0 N–H and O–H groups in total. The van der Waals surface area contributed by atoms with Gasteiger partial charge in [0.15, 0.2) is 0 Å². The Hall–Kier alpha value is -2.03. The van der Waals surface area contributed by atoms with Gasteiger partial charge in [-0.3, -0.25) is 4.79 Å². The van der Waals surface area contributed by atoms with Gasteiger partial charge in [-0.1, -0.05) is 12.1 Å². The number of hydrogen-bond acceptors (Lipinski definition) is 2. The van der Waals surface area contributed by atoms with Crippen LogP contribution in [-0.4, -0.2) is 23.4 Å². The first-order valence-corrected chi connectivity index (χ1v) is 6.58. The molecule has 0 aliphatic heterocycles. The minimum atomic E-state index is -4.38. The number of benzene rings is 1. The average Bonchev–Trinajstić information content (AvgIpc) is 2.38.